The third-order valence-electron chi connectivity index (χ3n) is 2.29. The molecule has 5 nitrogen and oxygen atoms in total. The van der Waals surface area contributed by atoms with Crippen molar-refractivity contribution in [3.63, 3.8) is 0 Å². The molecule has 0 bridgehead atoms. The van der Waals surface area contributed by atoms with Gasteiger partial charge in [0.2, 0.25) is 0 Å². The Balaban J connectivity index is 0. The molecular formula is C12H28NO4P. The predicted octanol–water partition coefficient (Wildman–Crippen LogP) is 4.45. The Labute approximate surface area is 112 Å². The average molecular weight is 281 g/mol. The molecule has 18 heavy (non-hydrogen) atoms. The Morgan fingerprint density at radius 3 is 1.78 bits per heavy atom. The van der Waals surface area contributed by atoms with Crippen LogP contribution in [0.15, 0.2) is 0 Å². The summed E-state index contributed by atoms with van der Waals surface area (Å²) in [4.78, 5) is 8.36. The van der Waals surface area contributed by atoms with Crippen LogP contribution in [-0.2, 0) is 4.52 Å². The highest BCUT2D eigenvalue weighted by Crippen LogP contribution is 2.39. The molecule has 0 saturated carbocycles. The topological polar surface area (TPSA) is 72.6 Å². The van der Waals surface area contributed by atoms with Crippen molar-refractivity contribution < 1.29 is 14.8 Å². The number of hydrogen-bond donors (Lipinski definition) is 1. The van der Waals surface area contributed by atoms with Gasteiger partial charge in [-0.25, -0.2) is 0 Å². The largest absolute Gasteiger partial charge is 0.359 e. The van der Waals surface area contributed by atoms with Crippen molar-refractivity contribution in [3.8, 4) is 0 Å². The maximum atomic E-state index is 8.36. The molecule has 0 aromatic rings. The second kappa shape index (κ2) is 16.6. The zero-order chi connectivity index (χ0) is 14.2. The van der Waals surface area contributed by atoms with Gasteiger partial charge in [-0.3, -0.25) is 0 Å². The Kier molecular flexibility index (Phi) is 18.4. The molecule has 0 atom stereocenters. The predicted molar refractivity (Wildman–Crippen MR) is 76.1 cm³/mol. The molecule has 0 aliphatic rings. The van der Waals surface area contributed by atoms with Crippen LogP contribution in [0.2, 0.25) is 0 Å². The van der Waals surface area contributed by atoms with Gasteiger partial charge in [0.1, 0.15) is 0 Å². The molecule has 0 saturated heterocycles. The van der Waals surface area contributed by atoms with Gasteiger partial charge in [0.25, 0.3) is 5.09 Å². The van der Waals surface area contributed by atoms with E-state index in [0.29, 0.717) is 0 Å². The minimum absolute atomic E-state index is 0.0840. The van der Waals surface area contributed by atoms with Crippen LogP contribution in [0.1, 0.15) is 59.3 Å². The SMILES string of the molecule is CCCCOP(CCCC)CCCC.O=[N+]([O-])O. The van der Waals surface area contributed by atoms with Gasteiger partial charge in [0.05, 0.1) is 6.61 Å². The van der Waals surface area contributed by atoms with Crippen LogP contribution in [0, 0.1) is 10.1 Å². The van der Waals surface area contributed by atoms with Crippen molar-refractivity contribution >= 4 is 8.15 Å². The van der Waals surface area contributed by atoms with Crippen LogP contribution < -0.4 is 0 Å². The summed E-state index contributed by atoms with van der Waals surface area (Å²) in [5, 5.41) is 13.6. The maximum absolute atomic E-state index is 8.36. The first kappa shape index (κ1) is 19.9. The minimum Gasteiger partial charge on any atom is -0.359 e. The van der Waals surface area contributed by atoms with Gasteiger partial charge in [0, 0.05) is 8.15 Å². The van der Waals surface area contributed by atoms with Gasteiger partial charge < -0.3 is 9.73 Å². The molecule has 0 aromatic carbocycles. The van der Waals surface area contributed by atoms with E-state index in [1.165, 1.54) is 50.8 Å². The van der Waals surface area contributed by atoms with Crippen molar-refractivity contribution in [2.75, 3.05) is 18.9 Å². The van der Waals surface area contributed by atoms with Crippen LogP contribution in [0.3, 0.4) is 0 Å². The smallest absolute Gasteiger partial charge is 0.291 e. The van der Waals surface area contributed by atoms with E-state index in [2.05, 4.69) is 20.8 Å². The van der Waals surface area contributed by atoms with E-state index >= 15 is 0 Å². The van der Waals surface area contributed by atoms with Gasteiger partial charge >= 0.3 is 0 Å². The fraction of sp³-hybridized carbons (Fsp3) is 1.00. The van der Waals surface area contributed by atoms with Gasteiger partial charge in [-0.15, -0.1) is 10.1 Å². The summed E-state index contributed by atoms with van der Waals surface area (Å²) in [5.74, 6) is 0. The molecule has 0 spiro atoms. The van der Waals surface area contributed by atoms with Gasteiger partial charge in [-0.2, -0.15) is 0 Å². The quantitative estimate of drug-likeness (QED) is 0.278. The Bertz CT molecular complexity index is 169. The van der Waals surface area contributed by atoms with E-state index in [1.807, 2.05) is 0 Å². The molecule has 0 heterocycles. The van der Waals surface area contributed by atoms with Gasteiger partial charge in [-0.05, 0) is 31.6 Å². The Morgan fingerprint density at radius 2 is 1.44 bits per heavy atom. The summed E-state index contributed by atoms with van der Waals surface area (Å²) in [6.45, 7) is 7.75. The molecule has 6 heteroatoms. The number of hydrogen-bond acceptors (Lipinski definition) is 3. The lowest BCUT2D eigenvalue weighted by Crippen LogP contribution is -1.97. The third kappa shape index (κ3) is 20.9. The summed E-state index contributed by atoms with van der Waals surface area (Å²) in [5.41, 5.74) is 0. The fourth-order valence-corrected chi connectivity index (χ4v) is 3.45. The summed E-state index contributed by atoms with van der Waals surface area (Å²) in [6.07, 6.45) is 10.5. The van der Waals surface area contributed by atoms with Gasteiger partial charge in [0.15, 0.2) is 0 Å². The van der Waals surface area contributed by atoms with E-state index in [-0.39, 0.29) is 8.15 Å². The third-order valence-corrected chi connectivity index (χ3v) is 4.47. The van der Waals surface area contributed by atoms with Crippen molar-refractivity contribution in [2.45, 2.75) is 59.3 Å². The maximum Gasteiger partial charge on any atom is 0.291 e. The van der Waals surface area contributed by atoms with Crippen LogP contribution in [-0.4, -0.2) is 29.2 Å². The first-order valence-electron chi connectivity index (χ1n) is 6.79. The van der Waals surface area contributed by atoms with Gasteiger partial charge in [-0.1, -0.05) is 40.0 Å². The summed E-state index contributed by atoms with van der Waals surface area (Å²) in [6, 6.07) is 0. The first-order valence-corrected chi connectivity index (χ1v) is 8.42. The van der Waals surface area contributed by atoms with Crippen molar-refractivity contribution in [1.29, 1.82) is 0 Å². The highest BCUT2D eigenvalue weighted by molar-refractivity contribution is 7.52. The molecule has 1 N–H and O–H groups in total. The monoisotopic (exact) mass is 281 g/mol. The average Bonchev–Trinajstić information content (AvgIpc) is 2.31. The lowest BCUT2D eigenvalue weighted by Gasteiger charge is -2.17. The molecule has 0 aliphatic carbocycles. The molecule has 0 fully saturated rings. The van der Waals surface area contributed by atoms with Crippen LogP contribution in [0.4, 0.5) is 0 Å². The minimum atomic E-state index is -1.50. The van der Waals surface area contributed by atoms with E-state index in [1.54, 1.807) is 0 Å². The normalized spacial score (nSPS) is 10.0. The number of nitrogens with zero attached hydrogens (tertiary/aromatic N) is 1. The fourth-order valence-electron chi connectivity index (χ4n) is 1.25. The van der Waals surface area contributed by atoms with Crippen LogP contribution in [0.25, 0.3) is 0 Å². The standard InChI is InChI=1S/C12H27OP.HNO3/c1-4-7-10-13-14(11-8-5-2)12-9-6-3;2-1(3)4/h4-12H2,1-3H3;(H,2,3,4). The molecular weight excluding hydrogens is 253 g/mol. The van der Waals surface area contributed by atoms with Crippen LogP contribution >= 0.6 is 8.15 Å². The van der Waals surface area contributed by atoms with Crippen molar-refractivity contribution in [2.24, 2.45) is 0 Å². The number of rotatable bonds is 10. The molecule has 0 aliphatic heterocycles. The Morgan fingerprint density at radius 1 is 1.06 bits per heavy atom. The molecule has 0 aromatic heterocycles. The highest BCUT2D eigenvalue weighted by Gasteiger charge is 2.07. The lowest BCUT2D eigenvalue weighted by molar-refractivity contribution is -0.742. The van der Waals surface area contributed by atoms with Crippen LogP contribution in [0.5, 0.6) is 0 Å². The zero-order valence-corrected chi connectivity index (χ0v) is 12.8. The summed E-state index contributed by atoms with van der Waals surface area (Å²) in [7, 11) is -0.0840. The molecule has 110 valence electrons. The molecule has 0 amide bonds. The lowest BCUT2D eigenvalue weighted by atomic mass is 10.4. The van der Waals surface area contributed by atoms with Crippen molar-refractivity contribution in [3.05, 3.63) is 10.1 Å². The summed E-state index contributed by atoms with van der Waals surface area (Å²) < 4.78 is 5.95. The van der Waals surface area contributed by atoms with E-state index in [9.17, 15) is 0 Å². The second-order valence-electron chi connectivity index (χ2n) is 4.06. The molecule has 0 unspecified atom stereocenters. The summed E-state index contributed by atoms with van der Waals surface area (Å²) >= 11 is 0. The van der Waals surface area contributed by atoms with Crippen molar-refractivity contribution in [1.82, 2.24) is 0 Å². The molecule has 0 rings (SSSR count). The highest BCUT2D eigenvalue weighted by atomic mass is 31.1. The van der Waals surface area contributed by atoms with E-state index < -0.39 is 5.09 Å². The van der Waals surface area contributed by atoms with E-state index in [4.69, 9.17) is 19.8 Å². The number of unbranched alkanes of at least 4 members (excludes halogenated alkanes) is 3. The second-order valence-corrected chi connectivity index (χ2v) is 6.18. The Hall–Kier alpha value is -0.410. The molecule has 0 radical (unpaired) electrons. The zero-order valence-electron chi connectivity index (χ0n) is 11.9. The van der Waals surface area contributed by atoms with E-state index in [0.717, 1.165) is 6.61 Å². The first-order chi connectivity index (χ1) is 8.58.